The number of benzene rings is 2. The zero-order valence-electron chi connectivity index (χ0n) is 21.0. The van der Waals surface area contributed by atoms with Gasteiger partial charge in [-0.15, -0.1) is 11.3 Å². The van der Waals surface area contributed by atoms with Crippen LogP contribution in [-0.2, 0) is 17.8 Å². The Labute approximate surface area is 210 Å². The molecule has 0 radical (unpaired) electrons. The lowest BCUT2D eigenvalue weighted by Gasteiger charge is -2.17. The third kappa shape index (κ3) is 5.07. The molecular formula is C27H30N4O3S. The second kappa shape index (κ2) is 10.3. The predicted molar refractivity (Wildman–Crippen MR) is 139 cm³/mol. The summed E-state index contributed by atoms with van der Waals surface area (Å²) >= 11 is 1.51. The minimum Gasteiger partial charge on any atom is -0.493 e. The fourth-order valence-electron chi connectivity index (χ4n) is 4.04. The molecule has 0 N–H and O–H groups in total. The van der Waals surface area contributed by atoms with Crippen molar-refractivity contribution in [1.82, 2.24) is 19.7 Å². The molecular weight excluding hydrogens is 460 g/mol. The molecule has 35 heavy (non-hydrogen) atoms. The molecule has 1 amide bonds. The van der Waals surface area contributed by atoms with Crippen molar-refractivity contribution < 1.29 is 14.3 Å². The molecule has 0 bridgehead atoms. The predicted octanol–water partition coefficient (Wildman–Crippen LogP) is 5.14. The zero-order chi connectivity index (χ0) is 25.1. The number of likely N-dealkylation sites (N-methyl/N-ethyl adjacent to an activating group) is 1. The van der Waals surface area contributed by atoms with Gasteiger partial charge in [0.05, 0.1) is 37.7 Å². The molecule has 0 aliphatic heterocycles. The summed E-state index contributed by atoms with van der Waals surface area (Å²) in [7, 11) is 5.04. The molecule has 8 heteroatoms. The van der Waals surface area contributed by atoms with Crippen molar-refractivity contribution in [2.45, 2.75) is 33.7 Å². The summed E-state index contributed by atoms with van der Waals surface area (Å²) in [5.41, 5.74) is 6.92. The summed E-state index contributed by atoms with van der Waals surface area (Å²) in [6.45, 7) is 6.61. The Bertz CT molecular complexity index is 1360. The number of carbonyl (C=O) groups is 1. The Hall–Kier alpha value is -3.65. The lowest BCUT2D eigenvalue weighted by molar-refractivity contribution is -0.129. The number of hydrogen-bond acceptors (Lipinski definition) is 6. The molecule has 182 valence electrons. The highest BCUT2D eigenvalue weighted by molar-refractivity contribution is 7.13. The quantitative estimate of drug-likeness (QED) is 0.342. The van der Waals surface area contributed by atoms with E-state index in [2.05, 4.69) is 31.0 Å². The monoisotopic (exact) mass is 490 g/mol. The maximum Gasteiger partial charge on any atom is 0.228 e. The Morgan fingerprint density at radius 2 is 1.80 bits per heavy atom. The van der Waals surface area contributed by atoms with E-state index in [1.807, 2.05) is 54.4 Å². The molecule has 4 rings (SSSR count). The van der Waals surface area contributed by atoms with E-state index in [0.29, 0.717) is 18.0 Å². The lowest BCUT2D eigenvalue weighted by Crippen LogP contribution is -2.28. The molecule has 0 aliphatic carbocycles. The number of methoxy groups -OCH3 is 2. The van der Waals surface area contributed by atoms with E-state index in [9.17, 15) is 4.79 Å². The lowest BCUT2D eigenvalue weighted by atomic mass is 10.1. The Balaban J connectivity index is 1.47. The highest BCUT2D eigenvalue weighted by Gasteiger charge is 2.19. The van der Waals surface area contributed by atoms with Crippen LogP contribution in [0.2, 0.25) is 0 Å². The molecule has 0 unspecified atom stereocenters. The molecule has 0 fully saturated rings. The molecule has 0 aliphatic rings. The summed E-state index contributed by atoms with van der Waals surface area (Å²) < 4.78 is 12.7. The third-order valence-corrected chi connectivity index (χ3v) is 7.06. The highest BCUT2D eigenvalue weighted by Crippen LogP contribution is 2.33. The summed E-state index contributed by atoms with van der Waals surface area (Å²) in [5.74, 6) is 1.33. The van der Waals surface area contributed by atoms with Gasteiger partial charge in [0.2, 0.25) is 5.91 Å². The SMILES string of the molecule is COc1ccc(-c2nc(CC(=O)N(C)Cc3c(C)nn(-c4ccccc4C)c3C)cs2)cc1OC. The second-order valence-electron chi connectivity index (χ2n) is 8.49. The van der Waals surface area contributed by atoms with Crippen molar-refractivity contribution in [3.63, 3.8) is 0 Å². The van der Waals surface area contributed by atoms with Gasteiger partial charge in [0, 0.05) is 35.8 Å². The Morgan fingerprint density at radius 1 is 1.06 bits per heavy atom. The van der Waals surface area contributed by atoms with Crippen molar-refractivity contribution in [2.75, 3.05) is 21.3 Å². The van der Waals surface area contributed by atoms with Crippen LogP contribution in [0.1, 0.15) is 28.2 Å². The number of rotatable bonds is 8. The van der Waals surface area contributed by atoms with Crippen molar-refractivity contribution in [2.24, 2.45) is 0 Å². The third-order valence-electron chi connectivity index (χ3n) is 6.12. The van der Waals surface area contributed by atoms with Gasteiger partial charge in [-0.1, -0.05) is 18.2 Å². The Morgan fingerprint density at radius 3 is 2.51 bits per heavy atom. The van der Waals surface area contributed by atoms with Gasteiger partial charge in [-0.05, 0) is 50.6 Å². The molecule has 4 aromatic rings. The standard InChI is InChI=1S/C27H30N4O3S/c1-17-9-7-8-10-23(17)31-19(3)22(18(2)29-31)15-30(4)26(32)14-21-16-35-27(28-21)20-11-12-24(33-5)25(13-20)34-6/h7-13,16H,14-15H2,1-6H3. The molecule has 0 saturated heterocycles. The molecule has 2 aromatic carbocycles. The largest absolute Gasteiger partial charge is 0.493 e. The average molecular weight is 491 g/mol. The maximum absolute atomic E-state index is 13.0. The number of amides is 1. The van der Waals surface area contributed by atoms with Crippen molar-refractivity contribution in [1.29, 1.82) is 0 Å². The van der Waals surface area contributed by atoms with E-state index in [1.54, 1.807) is 19.1 Å². The van der Waals surface area contributed by atoms with E-state index >= 15 is 0 Å². The number of thiazole rings is 1. The summed E-state index contributed by atoms with van der Waals surface area (Å²) in [6.07, 6.45) is 0.240. The van der Waals surface area contributed by atoms with Gasteiger partial charge in [-0.3, -0.25) is 4.79 Å². The van der Waals surface area contributed by atoms with E-state index in [4.69, 9.17) is 14.6 Å². The van der Waals surface area contributed by atoms with Crippen molar-refractivity contribution in [3.05, 3.63) is 76.1 Å². The van der Waals surface area contributed by atoms with Crippen LogP contribution < -0.4 is 9.47 Å². The fourth-order valence-corrected chi connectivity index (χ4v) is 4.86. The van der Waals surface area contributed by atoms with Crippen LogP contribution in [0.5, 0.6) is 11.5 Å². The number of hydrogen-bond donors (Lipinski definition) is 0. The van der Waals surface area contributed by atoms with E-state index in [1.165, 1.54) is 11.3 Å². The molecule has 2 heterocycles. The van der Waals surface area contributed by atoms with Crippen LogP contribution in [0.3, 0.4) is 0 Å². The topological polar surface area (TPSA) is 69.5 Å². The van der Waals surface area contributed by atoms with Crippen LogP contribution in [0, 0.1) is 20.8 Å². The van der Waals surface area contributed by atoms with E-state index in [-0.39, 0.29) is 12.3 Å². The smallest absolute Gasteiger partial charge is 0.228 e. The van der Waals surface area contributed by atoms with Gasteiger partial charge < -0.3 is 14.4 Å². The maximum atomic E-state index is 13.0. The first-order valence-corrected chi connectivity index (χ1v) is 12.2. The number of carbonyl (C=O) groups excluding carboxylic acids is 1. The highest BCUT2D eigenvalue weighted by atomic mass is 32.1. The average Bonchev–Trinajstić information content (AvgIpc) is 3.43. The normalized spacial score (nSPS) is 10.9. The zero-order valence-corrected chi connectivity index (χ0v) is 21.8. The fraction of sp³-hybridized carbons (Fsp3) is 0.296. The summed E-state index contributed by atoms with van der Waals surface area (Å²) in [5, 5.41) is 7.52. The first kappa shape index (κ1) is 24.5. The Kier molecular flexibility index (Phi) is 7.21. The van der Waals surface area contributed by atoms with Crippen LogP contribution in [0.4, 0.5) is 0 Å². The van der Waals surface area contributed by atoms with Gasteiger partial charge in [0.1, 0.15) is 5.01 Å². The van der Waals surface area contributed by atoms with Gasteiger partial charge in [-0.25, -0.2) is 9.67 Å². The van der Waals surface area contributed by atoms with Crippen LogP contribution in [0.25, 0.3) is 16.3 Å². The number of ether oxygens (including phenoxy) is 2. The van der Waals surface area contributed by atoms with Crippen LogP contribution in [-0.4, -0.2) is 46.8 Å². The summed E-state index contributed by atoms with van der Waals surface area (Å²) in [6, 6.07) is 13.9. The summed E-state index contributed by atoms with van der Waals surface area (Å²) in [4.78, 5) is 19.5. The van der Waals surface area contributed by atoms with Crippen molar-refractivity contribution >= 4 is 17.2 Å². The van der Waals surface area contributed by atoms with Crippen LogP contribution in [0.15, 0.2) is 47.8 Å². The van der Waals surface area contributed by atoms with Gasteiger partial charge in [-0.2, -0.15) is 5.10 Å². The minimum absolute atomic E-state index is 0.0107. The number of nitrogens with zero attached hydrogens (tertiary/aromatic N) is 4. The van der Waals surface area contributed by atoms with E-state index < -0.39 is 0 Å². The first-order chi connectivity index (χ1) is 16.8. The second-order valence-corrected chi connectivity index (χ2v) is 9.35. The van der Waals surface area contributed by atoms with E-state index in [0.717, 1.165) is 44.5 Å². The van der Waals surface area contributed by atoms with Crippen LogP contribution >= 0.6 is 11.3 Å². The molecule has 0 saturated carbocycles. The molecule has 0 spiro atoms. The van der Waals surface area contributed by atoms with Gasteiger partial charge >= 0.3 is 0 Å². The first-order valence-electron chi connectivity index (χ1n) is 11.3. The number of aromatic nitrogens is 3. The number of para-hydroxylation sites is 1. The minimum atomic E-state index is 0.0107. The molecule has 2 aromatic heterocycles. The molecule has 0 atom stereocenters. The van der Waals surface area contributed by atoms with Crippen molar-refractivity contribution in [3.8, 4) is 27.8 Å². The van der Waals surface area contributed by atoms with Gasteiger partial charge in [0.15, 0.2) is 11.5 Å². The molecule has 7 nitrogen and oxygen atoms in total. The van der Waals surface area contributed by atoms with Gasteiger partial charge in [0.25, 0.3) is 0 Å². The number of aryl methyl sites for hydroxylation is 2.